The van der Waals surface area contributed by atoms with Crippen LogP contribution in [0.5, 0.6) is 11.5 Å². The molecule has 2 aromatic rings. The summed E-state index contributed by atoms with van der Waals surface area (Å²) >= 11 is 1.77. The van der Waals surface area contributed by atoms with Gasteiger partial charge in [0.2, 0.25) is 0 Å². The van der Waals surface area contributed by atoms with Gasteiger partial charge in [-0.25, -0.2) is 0 Å². The number of benzene rings is 2. The fourth-order valence-corrected chi connectivity index (χ4v) is 4.21. The van der Waals surface area contributed by atoms with Crippen molar-refractivity contribution in [2.75, 3.05) is 26.5 Å². The molecule has 0 bridgehead atoms. The molecule has 132 valence electrons. The third-order valence-electron chi connectivity index (χ3n) is 4.42. The highest BCUT2D eigenvalue weighted by molar-refractivity contribution is 7.99. The van der Waals surface area contributed by atoms with E-state index in [1.807, 2.05) is 47.4 Å². The summed E-state index contributed by atoms with van der Waals surface area (Å²) in [7, 11) is 3.27. The predicted octanol–water partition coefficient (Wildman–Crippen LogP) is 4.15. The topological polar surface area (TPSA) is 38.8 Å². The monoisotopic (exact) mass is 357 g/mol. The maximum Gasteiger partial charge on any atom is 0.255 e. The van der Waals surface area contributed by atoms with E-state index in [-0.39, 0.29) is 11.3 Å². The highest BCUT2D eigenvalue weighted by atomic mass is 32.2. The van der Waals surface area contributed by atoms with Gasteiger partial charge in [-0.1, -0.05) is 19.1 Å². The van der Waals surface area contributed by atoms with E-state index in [0.717, 1.165) is 41.3 Å². The Bertz CT molecular complexity index is 723. The molecule has 0 saturated carbocycles. The molecule has 2 aromatic carbocycles. The molecule has 4 nitrogen and oxygen atoms in total. The Balaban J connectivity index is 1.88. The van der Waals surface area contributed by atoms with Gasteiger partial charge in [-0.15, -0.1) is 11.8 Å². The maximum absolute atomic E-state index is 13.0. The predicted molar refractivity (Wildman–Crippen MR) is 102 cm³/mol. The summed E-state index contributed by atoms with van der Waals surface area (Å²) in [4.78, 5) is 14.9. The Hall–Kier alpha value is -2.14. The summed E-state index contributed by atoms with van der Waals surface area (Å²) in [5.41, 5.74) is 3.00. The largest absolute Gasteiger partial charge is 0.497 e. The smallest absolute Gasteiger partial charge is 0.255 e. The van der Waals surface area contributed by atoms with Gasteiger partial charge >= 0.3 is 0 Å². The number of thioether (sulfide) groups is 1. The van der Waals surface area contributed by atoms with Gasteiger partial charge in [0.15, 0.2) is 0 Å². The lowest BCUT2D eigenvalue weighted by Gasteiger charge is -2.25. The third-order valence-corrected chi connectivity index (χ3v) is 5.68. The van der Waals surface area contributed by atoms with Crippen molar-refractivity contribution < 1.29 is 14.3 Å². The zero-order chi connectivity index (χ0) is 17.8. The molecule has 0 radical (unpaired) electrons. The molecule has 1 amide bonds. The van der Waals surface area contributed by atoms with Crippen molar-refractivity contribution in [3.63, 3.8) is 0 Å². The number of ether oxygens (including phenoxy) is 2. The molecule has 0 aliphatic carbocycles. The molecule has 5 heteroatoms. The van der Waals surface area contributed by atoms with Crippen LogP contribution in [0.4, 0.5) is 0 Å². The van der Waals surface area contributed by atoms with Crippen molar-refractivity contribution in [3.05, 3.63) is 59.2 Å². The summed E-state index contributed by atoms with van der Waals surface area (Å²) in [6.45, 7) is 2.85. The first-order valence-corrected chi connectivity index (χ1v) is 9.45. The van der Waals surface area contributed by atoms with E-state index < -0.39 is 0 Å². The van der Waals surface area contributed by atoms with Crippen molar-refractivity contribution in [1.82, 2.24) is 4.90 Å². The fraction of sp³-hybridized carbons (Fsp3) is 0.350. The lowest BCUT2D eigenvalue weighted by atomic mass is 10.1. The minimum atomic E-state index is -0.0256. The van der Waals surface area contributed by atoms with Gasteiger partial charge in [-0.05, 0) is 41.8 Å². The Kier molecular flexibility index (Phi) is 5.53. The average Bonchev–Trinajstić information content (AvgIpc) is 3.16. The average molecular weight is 357 g/mol. The number of hydrogen-bond acceptors (Lipinski definition) is 4. The molecule has 1 fully saturated rings. The molecule has 0 unspecified atom stereocenters. The van der Waals surface area contributed by atoms with E-state index in [2.05, 4.69) is 6.92 Å². The van der Waals surface area contributed by atoms with Gasteiger partial charge in [0.05, 0.1) is 14.2 Å². The quantitative estimate of drug-likeness (QED) is 0.806. The van der Waals surface area contributed by atoms with Crippen LogP contribution >= 0.6 is 11.8 Å². The molecule has 1 atom stereocenters. The maximum atomic E-state index is 13.0. The molecular weight excluding hydrogens is 334 g/mol. The minimum Gasteiger partial charge on any atom is -0.497 e. The first-order chi connectivity index (χ1) is 12.2. The van der Waals surface area contributed by atoms with Crippen LogP contribution in [0.2, 0.25) is 0 Å². The number of rotatable bonds is 5. The lowest BCUT2D eigenvalue weighted by molar-refractivity contribution is 0.0760. The van der Waals surface area contributed by atoms with E-state index in [9.17, 15) is 4.79 Å². The fourth-order valence-electron chi connectivity index (χ4n) is 2.97. The molecule has 1 saturated heterocycles. The summed E-state index contributed by atoms with van der Waals surface area (Å²) < 4.78 is 10.7. The van der Waals surface area contributed by atoms with E-state index in [1.165, 1.54) is 5.56 Å². The zero-order valence-electron chi connectivity index (χ0n) is 14.8. The minimum absolute atomic E-state index is 0.0256. The first kappa shape index (κ1) is 17.7. The second kappa shape index (κ2) is 7.83. The van der Waals surface area contributed by atoms with Crippen molar-refractivity contribution in [2.24, 2.45) is 0 Å². The van der Waals surface area contributed by atoms with Crippen LogP contribution in [-0.2, 0) is 6.42 Å². The Morgan fingerprint density at radius 3 is 2.32 bits per heavy atom. The zero-order valence-corrected chi connectivity index (χ0v) is 15.6. The van der Waals surface area contributed by atoms with Crippen molar-refractivity contribution in [3.8, 4) is 11.5 Å². The molecule has 0 aromatic heterocycles. The molecule has 1 aliphatic rings. The van der Waals surface area contributed by atoms with E-state index in [1.54, 1.807) is 26.0 Å². The molecular formula is C20H23NO3S. The molecule has 0 N–H and O–H groups in total. The van der Waals surface area contributed by atoms with Crippen LogP contribution in [0.3, 0.4) is 0 Å². The van der Waals surface area contributed by atoms with Crippen LogP contribution in [0, 0.1) is 0 Å². The van der Waals surface area contributed by atoms with Crippen LogP contribution in [0.1, 0.15) is 33.8 Å². The van der Waals surface area contributed by atoms with Crippen LogP contribution in [0.25, 0.3) is 0 Å². The van der Waals surface area contributed by atoms with Gasteiger partial charge in [0, 0.05) is 23.9 Å². The SMILES string of the molecule is CCc1ccc(C(=O)N2CCS[C@H]2c2cc(OC)cc(OC)c2)cc1. The second-order valence-corrected chi connectivity index (χ2v) is 7.11. The van der Waals surface area contributed by atoms with Crippen molar-refractivity contribution in [1.29, 1.82) is 0 Å². The van der Waals surface area contributed by atoms with Gasteiger partial charge < -0.3 is 14.4 Å². The van der Waals surface area contributed by atoms with Gasteiger partial charge in [0.1, 0.15) is 16.9 Å². The molecule has 3 rings (SSSR count). The number of hydrogen-bond donors (Lipinski definition) is 0. The second-order valence-electron chi connectivity index (χ2n) is 5.92. The summed E-state index contributed by atoms with van der Waals surface area (Å²) in [5, 5.41) is -0.0256. The third kappa shape index (κ3) is 3.76. The number of aryl methyl sites for hydroxylation is 1. The number of carbonyl (C=O) groups excluding carboxylic acids is 1. The summed E-state index contributed by atoms with van der Waals surface area (Å²) in [5.74, 6) is 2.46. The Labute approximate surface area is 153 Å². The van der Waals surface area contributed by atoms with Crippen LogP contribution < -0.4 is 9.47 Å². The van der Waals surface area contributed by atoms with Gasteiger partial charge in [0.25, 0.3) is 5.91 Å². The first-order valence-electron chi connectivity index (χ1n) is 8.40. The number of methoxy groups -OCH3 is 2. The molecule has 1 heterocycles. The van der Waals surface area contributed by atoms with E-state index >= 15 is 0 Å². The van der Waals surface area contributed by atoms with E-state index in [0.29, 0.717) is 0 Å². The highest BCUT2D eigenvalue weighted by Gasteiger charge is 2.31. The lowest BCUT2D eigenvalue weighted by Crippen LogP contribution is -2.30. The van der Waals surface area contributed by atoms with Gasteiger partial charge in [-0.2, -0.15) is 0 Å². The standard InChI is InChI=1S/C20H23NO3S/c1-4-14-5-7-15(8-6-14)19(22)21-9-10-25-20(21)16-11-17(23-2)13-18(12-16)24-3/h5-8,11-13,20H,4,9-10H2,1-3H3/t20-/m0/s1. The molecule has 0 spiro atoms. The Morgan fingerprint density at radius 1 is 1.12 bits per heavy atom. The van der Waals surface area contributed by atoms with Crippen molar-refractivity contribution in [2.45, 2.75) is 18.7 Å². The molecule has 1 aliphatic heterocycles. The van der Waals surface area contributed by atoms with E-state index in [4.69, 9.17) is 9.47 Å². The highest BCUT2D eigenvalue weighted by Crippen LogP contribution is 2.41. The molecule has 25 heavy (non-hydrogen) atoms. The summed E-state index contributed by atoms with van der Waals surface area (Å²) in [6, 6.07) is 13.7. The number of carbonyl (C=O) groups is 1. The van der Waals surface area contributed by atoms with Crippen LogP contribution in [0.15, 0.2) is 42.5 Å². The summed E-state index contributed by atoms with van der Waals surface area (Å²) in [6.07, 6.45) is 0.972. The van der Waals surface area contributed by atoms with Gasteiger partial charge in [-0.3, -0.25) is 4.79 Å². The normalized spacial score (nSPS) is 16.8. The van der Waals surface area contributed by atoms with Crippen LogP contribution in [-0.4, -0.2) is 37.3 Å². The van der Waals surface area contributed by atoms with Crippen molar-refractivity contribution >= 4 is 17.7 Å². The number of amides is 1. The Morgan fingerprint density at radius 2 is 1.76 bits per heavy atom. The number of nitrogens with zero attached hydrogens (tertiary/aromatic N) is 1.